The smallest absolute Gasteiger partial charge is 0.341 e. The molecule has 0 spiro atoms. The predicted octanol–water partition coefficient (Wildman–Crippen LogP) is 4.07. The van der Waals surface area contributed by atoms with Gasteiger partial charge in [0.2, 0.25) is 5.91 Å². The number of aliphatic carboxylic acids is 1. The quantitative estimate of drug-likeness (QED) is 0.588. The van der Waals surface area contributed by atoms with E-state index in [1.807, 2.05) is 12.1 Å². The molecule has 1 heterocycles. The van der Waals surface area contributed by atoms with Gasteiger partial charge in [-0.15, -0.1) is 0 Å². The van der Waals surface area contributed by atoms with Gasteiger partial charge >= 0.3 is 5.97 Å². The number of aryl methyl sites for hydroxylation is 2. The zero-order valence-corrected chi connectivity index (χ0v) is 18.0. The number of ether oxygens (including phenoxy) is 1. The Morgan fingerprint density at radius 1 is 1.13 bits per heavy atom. The molecule has 1 aromatic heterocycles. The first-order valence-corrected chi connectivity index (χ1v) is 10.7. The van der Waals surface area contributed by atoms with Crippen molar-refractivity contribution in [2.24, 2.45) is 5.73 Å². The van der Waals surface area contributed by atoms with E-state index in [-0.39, 0.29) is 5.91 Å². The van der Waals surface area contributed by atoms with E-state index in [1.54, 1.807) is 6.07 Å². The fourth-order valence-corrected chi connectivity index (χ4v) is 4.86. The highest BCUT2D eigenvalue weighted by Gasteiger charge is 2.31. The Hall–Kier alpha value is -3.28. The number of carbonyl (C=O) groups is 2. The summed E-state index contributed by atoms with van der Waals surface area (Å²) in [7, 11) is 0. The number of aromatic nitrogens is 1. The van der Waals surface area contributed by atoms with Gasteiger partial charge in [-0.1, -0.05) is 30.7 Å². The fraction of sp³-hybridized carbons (Fsp3) is 0.360. The number of primary amides is 1. The Labute approximate surface area is 181 Å². The third-order valence-electron chi connectivity index (χ3n) is 6.36. The highest BCUT2D eigenvalue weighted by molar-refractivity contribution is 5.97. The molecule has 3 N–H and O–H groups in total. The van der Waals surface area contributed by atoms with E-state index < -0.39 is 18.5 Å². The third kappa shape index (κ3) is 3.90. The predicted molar refractivity (Wildman–Crippen MR) is 120 cm³/mol. The van der Waals surface area contributed by atoms with Crippen LogP contribution < -0.4 is 10.5 Å². The Morgan fingerprint density at radius 3 is 2.52 bits per heavy atom. The lowest BCUT2D eigenvalue weighted by Crippen LogP contribution is -2.21. The van der Waals surface area contributed by atoms with Crippen LogP contribution in [0.5, 0.6) is 5.75 Å². The Bertz CT molecular complexity index is 1140. The van der Waals surface area contributed by atoms with E-state index in [9.17, 15) is 9.59 Å². The van der Waals surface area contributed by atoms with Gasteiger partial charge in [-0.2, -0.15) is 0 Å². The summed E-state index contributed by atoms with van der Waals surface area (Å²) in [4.78, 5) is 23.6. The second-order valence-electron chi connectivity index (χ2n) is 8.35. The van der Waals surface area contributed by atoms with Gasteiger partial charge in [-0.05, 0) is 67.5 Å². The van der Waals surface area contributed by atoms with Crippen molar-refractivity contribution in [3.63, 3.8) is 0 Å². The van der Waals surface area contributed by atoms with Crippen LogP contribution >= 0.6 is 0 Å². The molecule has 162 valence electrons. The van der Waals surface area contributed by atoms with Crippen molar-refractivity contribution in [1.29, 1.82) is 0 Å². The summed E-state index contributed by atoms with van der Waals surface area (Å²) in [6.07, 6.45) is 3.44. The molecule has 31 heavy (non-hydrogen) atoms. The first-order chi connectivity index (χ1) is 14.9. The number of fused-ring (bicyclic) bond motifs is 3. The summed E-state index contributed by atoms with van der Waals surface area (Å²) in [5, 5.41) is 9.94. The number of hydrogen-bond donors (Lipinski definition) is 2. The van der Waals surface area contributed by atoms with Crippen molar-refractivity contribution in [1.82, 2.24) is 4.57 Å². The lowest BCUT2D eigenvalue weighted by molar-refractivity contribution is -0.139. The number of carboxylic acid groups (broad SMARTS) is 1. The van der Waals surface area contributed by atoms with Crippen molar-refractivity contribution in [2.75, 3.05) is 6.61 Å². The van der Waals surface area contributed by atoms with Crippen LogP contribution in [-0.4, -0.2) is 28.2 Å². The molecule has 2 aromatic carbocycles. The fourth-order valence-electron chi connectivity index (χ4n) is 4.86. The molecule has 1 aliphatic carbocycles. The van der Waals surface area contributed by atoms with Gasteiger partial charge in [-0.25, -0.2) is 4.79 Å². The number of benzene rings is 2. The van der Waals surface area contributed by atoms with Gasteiger partial charge in [0.25, 0.3) is 0 Å². The lowest BCUT2D eigenvalue weighted by Gasteiger charge is -2.16. The van der Waals surface area contributed by atoms with E-state index in [4.69, 9.17) is 15.6 Å². The second-order valence-corrected chi connectivity index (χ2v) is 8.35. The molecule has 0 aliphatic heterocycles. The SMILES string of the molecule is Cc1cccc(C)c1Cn1c2c(c3c(OCC(=O)O)cccc31)C(C(N)=O)CCCC2. The number of carbonyl (C=O) groups excluding carboxylic acids is 1. The molecule has 0 saturated heterocycles. The van der Waals surface area contributed by atoms with Crippen molar-refractivity contribution >= 4 is 22.8 Å². The summed E-state index contributed by atoms with van der Waals surface area (Å²) in [5.41, 5.74) is 12.5. The molecule has 0 fully saturated rings. The van der Waals surface area contributed by atoms with Crippen molar-refractivity contribution < 1.29 is 19.4 Å². The Kier molecular flexibility index (Phi) is 5.72. The number of carboxylic acids is 1. The number of amides is 1. The van der Waals surface area contributed by atoms with Crippen LogP contribution in [-0.2, 0) is 22.6 Å². The molecular formula is C25H28N2O4. The Balaban J connectivity index is 1.98. The van der Waals surface area contributed by atoms with Crippen LogP contribution in [0.3, 0.4) is 0 Å². The summed E-state index contributed by atoms with van der Waals surface area (Å²) < 4.78 is 7.93. The van der Waals surface area contributed by atoms with Gasteiger partial charge in [-0.3, -0.25) is 4.79 Å². The van der Waals surface area contributed by atoms with Gasteiger partial charge in [0.15, 0.2) is 6.61 Å². The van der Waals surface area contributed by atoms with Gasteiger partial charge in [0, 0.05) is 17.6 Å². The molecule has 0 radical (unpaired) electrons. The molecule has 6 heteroatoms. The average Bonchev–Trinajstić information content (AvgIpc) is 2.87. The van der Waals surface area contributed by atoms with E-state index in [1.165, 1.54) is 16.7 Å². The molecule has 6 nitrogen and oxygen atoms in total. The molecule has 1 aliphatic rings. The maximum Gasteiger partial charge on any atom is 0.341 e. The summed E-state index contributed by atoms with van der Waals surface area (Å²) in [6, 6.07) is 11.9. The minimum atomic E-state index is -1.04. The van der Waals surface area contributed by atoms with Crippen LogP contribution in [0.15, 0.2) is 36.4 Å². The average molecular weight is 421 g/mol. The largest absolute Gasteiger partial charge is 0.481 e. The number of nitrogens with zero attached hydrogens (tertiary/aromatic N) is 1. The van der Waals surface area contributed by atoms with E-state index in [0.717, 1.165) is 41.4 Å². The van der Waals surface area contributed by atoms with Crippen LogP contribution in [0.25, 0.3) is 10.9 Å². The zero-order chi connectivity index (χ0) is 22.1. The molecule has 3 aromatic rings. The molecule has 1 unspecified atom stereocenters. The number of nitrogens with two attached hydrogens (primary N) is 1. The maximum atomic E-state index is 12.4. The maximum absolute atomic E-state index is 12.4. The minimum Gasteiger partial charge on any atom is -0.481 e. The molecule has 1 atom stereocenters. The zero-order valence-electron chi connectivity index (χ0n) is 18.0. The van der Waals surface area contributed by atoms with Gasteiger partial charge in [0.05, 0.1) is 11.4 Å². The summed E-state index contributed by atoms with van der Waals surface area (Å²) in [5.74, 6) is -1.30. The van der Waals surface area contributed by atoms with Crippen molar-refractivity contribution in [3.05, 3.63) is 64.3 Å². The molecule has 0 bridgehead atoms. The third-order valence-corrected chi connectivity index (χ3v) is 6.36. The molecule has 4 rings (SSSR count). The summed E-state index contributed by atoms with van der Waals surface area (Å²) >= 11 is 0. The van der Waals surface area contributed by atoms with Gasteiger partial charge in [0.1, 0.15) is 5.75 Å². The van der Waals surface area contributed by atoms with Crippen LogP contribution in [0.4, 0.5) is 0 Å². The van der Waals surface area contributed by atoms with E-state index in [0.29, 0.717) is 18.7 Å². The molecular weight excluding hydrogens is 392 g/mol. The highest BCUT2D eigenvalue weighted by Crippen LogP contribution is 2.42. The Morgan fingerprint density at radius 2 is 1.84 bits per heavy atom. The standard InChI is InChI=1S/C25H28N2O4/c1-15-7-5-8-16(2)18(15)13-27-19-10-4-3-9-17(25(26)30)23(19)24-20(27)11-6-12-21(24)31-14-22(28)29/h5-8,11-12,17H,3-4,9-10,13-14H2,1-2H3,(H2,26,30)(H,28,29). The second kappa shape index (κ2) is 8.46. The topological polar surface area (TPSA) is 94.6 Å². The van der Waals surface area contributed by atoms with Gasteiger partial charge < -0.3 is 20.1 Å². The van der Waals surface area contributed by atoms with Crippen LogP contribution in [0.2, 0.25) is 0 Å². The van der Waals surface area contributed by atoms with Crippen molar-refractivity contribution in [3.8, 4) is 5.75 Å². The van der Waals surface area contributed by atoms with Crippen molar-refractivity contribution in [2.45, 2.75) is 52.0 Å². The van der Waals surface area contributed by atoms with E-state index in [2.05, 4.69) is 36.6 Å². The monoisotopic (exact) mass is 420 g/mol. The van der Waals surface area contributed by atoms with Crippen LogP contribution in [0.1, 0.15) is 53.1 Å². The number of hydrogen-bond acceptors (Lipinski definition) is 3. The normalized spacial score (nSPS) is 16.0. The molecule has 1 amide bonds. The summed E-state index contributed by atoms with van der Waals surface area (Å²) in [6.45, 7) is 4.47. The minimum absolute atomic E-state index is 0.345. The number of rotatable bonds is 6. The first kappa shape index (κ1) is 21.0. The van der Waals surface area contributed by atoms with Crippen LogP contribution in [0, 0.1) is 13.8 Å². The first-order valence-electron chi connectivity index (χ1n) is 10.7. The van der Waals surface area contributed by atoms with E-state index >= 15 is 0 Å². The molecule has 0 saturated carbocycles. The lowest BCUT2D eigenvalue weighted by atomic mass is 9.92. The highest BCUT2D eigenvalue weighted by atomic mass is 16.5.